The van der Waals surface area contributed by atoms with Gasteiger partial charge >= 0.3 is 17.9 Å². The second-order valence-corrected chi connectivity index (χ2v) is 22.0. The van der Waals surface area contributed by atoms with Crippen LogP contribution >= 0.6 is 0 Å². The first kappa shape index (κ1) is 77.3. The Hall–Kier alpha value is -4.71. The van der Waals surface area contributed by atoms with E-state index < -0.39 is 6.10 Å². The first-order chi connectivity index (χ1) is 40.5. The van der Waals surface area contributed by atoms with Crippen LogP contribution in [-0.2, 0) is 28.6 Å². The van der Waals surface area contributed by atoms with Crippen LogP contribution in [0.4, 0.5) is 0 Å². The van der Waals surface area contributed by atoms with E-state index in [1.807, 2.05) is 0 Å². The lowest BCUT2D eigenvalue weighted by Gasteiger charge is -2.18. The highest BCUT2D eigenvalue weighted by atomic mass is 16.6. The standard InChI is InChI=1S/C76H124O6/c1-4-7-10-13-16-19-22-25-28-31-33-34-35-36-37-38-39-40-41-42-44-45-48-51-54-57-60-63-66-69-75(78)81-72-73(71-80-74(77)68-65-62-59-56-53-50-47-30-27-24-21-18-15-12-9-6-3)82-76(79)70-67-64-61-58-55-52-49-46-43-32-29-26-23-20-17-14-11-8-5-2/h7,10,16-17,19-20,25-26,28-29,33-34,36-37,39-40,42-44,46,48,51,57,60,73H,4-6,8-9,11-15,18,21-24,27,30-32,35,38,41,45,47,49-50,52-56,58-59,61-72H2,1-3H3/b10-7-,19-16-,20-17-,28-25-,29-26-,34-33-,37-36-,40-39-,44-42-,46-43-,51-48-,60-57-. The molecule has 0 aliphatic heterocycles. The number of hydrogen-bond acceptors (Lipinski definition) is 6. The van der Waals surface area contributed by atoms with E-state index in [0.717, 1.165) is 128 Å². The summed E-state index contributed by atoms with van der Waals surface area (Å²) < 4.78 is 16.9. The predicted molar refractivity (Wildman–Crippen MR) is 357 cm³/mol. The Bertz CT molecular complexity index is 1780. The topological polar surface area (TPSA) is 78.9 Å². The molecular weight excluding hydrogens is 1010 g/mol. The molecule has 0 saturated heterocycles. The monoisotopic (exact) mass is 1130 g/mol. The van der Waals surface area contributed by atoms with E-state index >= 15 is 0 Å². The third kappa shape index (κ3) is 66.1. The van der Waals surface area contributed by atoms with Crippen LogP contribution in [0.1, 0.15) is 297 Å². The van der Waals surface area contributed by atoms with Crippen molar-refractivity contribution in [1.29, 1.82) is 0 Å². The molecule has 82 heavy (non-hydrogen) atoms. The van der Waals surface area contributed by atoms with Crippen LogP contribution in [-0.4, -0.2) is 37.2 Å². The molecule has 0 heterocycles. The zero-order valence-electron chi connectivity index (χ0n) is 53.2. The summed E-state index contributed by atoms with van der Waals surface area (Å²) in [5, 5.41) is 0. The summed E-state index contributed by atoms with van der Waals surface area (Å²) in [6.07, 6.45) is 98.6. The van der Waals surface area contributed by atoms with Gasteiger partial charge in [-0.1, -0.05) is 301 Å². The first-order valence-corrected chi connectivity index (χ1v) is 33.8. The molecule has 0 aliphatic carbocycles. The molecule has 0 radical (unpaired) electrons. The lowest BCUT2D eigenvalue weighted by molar-refractivity contribution is -0.167. The Morgan fingerprint density at radius 3 is 0.817 bits per heavy atom. The van der Waals surface area contributed by atoms with E-state index in [9.17, 15) is 14.4 Å². The SMILES string of the molecule is CC/C=C\C/C=C\C/C=C\C/C=C\C/C=C\C/C=C\C/C=C\C/C=C\C/C=C\CCCC(=O)OCC(COC(=O)CCCCCCCCCCCCCCCCCC)OC(=O)CCCCCCCC/C=C\C/C=C\C/C=C\CCCCC. The van der Waals surface area contributed by atoms with Gasteiger partial charge in [0.1, 0.15) is 13.2 Å². The number of ether oxygens (including phenoxy) is 3. The van der Waals surface area contributed by atoms with Crippen molar-refractivity contribution < 1.29 is 28.6 Å². The number of hydrogen-bond donors (Lipinski definition) is 0. The zero-order valence-corrected chi connectivity index (χ0v) is 53.2. The Balaban J connectivity index is 4.49. The molecule has 0 rings (SSSR count). The summed E-state index contributed by atoms with van der Waals surface area (Å²) in [5.41, 5.74) is 0. The van der Waals surface area contributed by atoms with Gasteiger partial charge in [0.15, 0.2) is 6.10 Å². The summed E-state index contributed by atoms with van der Waals surface area (Å²) in [6, 6.07) is 0. The predicted octanol–water partition coefficient (Wildman–Crippen LogP) is 23.5. The number of rotatable bonds is 60. The van der Waals surface area contributed by atoms with E-state index in [4.69, 9.17) is 14.2 Å². The number of esters is 3. The van der Waals surface area contributed by atoms with Crippen molar-refractivity contribution in [2.24, 2.45) is 0 Å². The third-order valence-corrected chi connectivity index (χ3v) is 14.1. The highest BCUT2D eigenvalue weighted by molar-refractivity contribution is 5.71. The number of carbonyl (C=O) groups excluding carboxylic acids is 3. The molecule has 0 aromatic rings. The summed E-state index contributed by atoms with van der Waals surface area (Å²) in [6.45, 7) is 6.46. The van der Waals surface area contributed by atoms with Crippen LogP contribution < -0.4 is 0 Å². The van der Waals surface area contributed by atoms with Crippen molar-refractivity contribution in [3.8, 4) is 0 Å². The lowest BCUT2D eigenvalue weighted by Crippen LogP contribution is -2.30. The van der Waals surface area contributed by atoms with Crippen molar-refractivity contribution >= 4 is 17.9 Å². The van der Waals surface area contributed by atoms with Crippen molar-refractivity contribution in [3.05, 3.63) is 146 Å². The summed E-state index contributed by atoms with van der Waals surface area (Å²) in [4.78, 5) is 38.4. The summed E-state index contributed by atoms with van der Waals surface area (Å²) >= 11 is 0. The Labute approximate surface area is 506 Å². The molecule has 1 unspecified atom stereocenters. The average Bonchev–Trinajstić information content (AvgIpc) is 3.47. The highest BCUT2D eigenvalue weighted by Crippen LogP contribution is 2.16. The van der Waals surface area contributed by atoms with Gasteiger partial charge in [-0.25, -0.2) is 0 Å². The fraction of sp³-hybridized carbons (Fsp3) is 0.645. The van der Waals surface area contributed by atoms with Crippen molar-refractivity contribution in [2.45, 2.75) is 303 Å². The van der Waals surface area contributed by atoms with E-state index in [1.165, 1.54) is 122 Å². The van der Waals surface area contributed by atoms with Gasteiger partial charge in [-0.05, 0) is 122 Å². The van der Waals surface area contributed by atoms with E-state index in [0.29, 0.717) is 19.3 Å². The molecule has 0 spiro atoms. The normalized spacial score (nSPS) is 13.1. The second-order valence-electron chi connectivity index (χ2n) is 22.0. The van der Waals surface area contributed by atoms with Gasteiger partial charge in [0.05, 0.1) is 0 Å². The molecule has 0 fully saturated rings. The molecule has 6 heteroatoms. The van der Waals surface area contributed by atoms with E-state index in [1.54, 1.807) is 0 Å². The molecule has 0 saturated carbocycles. The lowest BCUT2D eigenvalue weighted by atomic mass is 10.0. The van der Waals surface area contributed by atoms with Gasteiger partial charge < -0.3 is 14.2 Å². The fourth-order valence-corrected chi connectivity index (χ4v) is 9.04. The number of carbonyl (C=O) groups is 3. The Morgan fingerprint density at radius 1 is 0.256 bits per heavy atom. The van der Waals surface area contributed by atoms with Crippen molar-refractivity contribution in [3.63, 3.8) is 0 Å². The molecule has 0 amide bonds. The molecule has 0 bridgehead atoms. The number of allylic oxidation sites excluding steroid dienone is 24. The van der Waals surface area contributed by atoms with Gasteiger partial charge in [-0.3, -0.25) is 14.4 Å². The Morgan fingerprint density at radius 2 is 0.488 bits per heavy atom. The molecule has 0 aliphatic rings. The van der Waals surface area contributed by atoms with Crippen LogP contribution in [0.25, 0.3) is 0 Å². The number of unbranched alkanes of at least 4 members (excludes halogenated alkanes) is 25. The first-order valence-electron chi connectivity index (χ1n) is 33.8. The van der Waals surface area contributed by atoms with Gasteiger partial charge in [0.2, 0.25) is 0 Å². The highest BCUT2D eigenvalue weighted by Gasteiger charge is 2.19. The van der Waals surface area contributed by atoms with Gasteiger partial charge in [0, 0.05) is 19.3 Å². The molecule has 464 valence electrons. The average molecular weight is 1130 g/mol. The van der Waals surface area contributed by atoms with E-state index in [2.05, 4.69) is 167 Å². The molecule has 1 atom stereocenters. The zero-order chi connectivity index (χ0) is 59.2. The maximum atomic E-state index is 12.9. The van der Waals surface area contributed by atoms with Crippen LogP contribution in [0.2, 0.25) is 0 Å². The molecular formula is C76H124O6. The molecule has 0 N–H and O–H groups in total. The molecule has 0 aromatic heterocycles. The van der Waals surface area contributed by atoms with Crippen LogP contribution in [0.15, 0.2) is 146 Å². The quantitative estimate of drug-likeness (QED) is 0.0261. The van der Waals surface area contributed by atoms with Gasteiger partial charge in [-0.15, -0.1) is 0 Å². The Kier molecular flexibility index (Phi) is 64.8. The minimum Gasteiger partial charge on any atom is -0.462 e. The van der Waals surface area contributed by atoms with Gasteiger partial charge in [-0.2, -0.15) is 0 Å². The minimum atomic E-state index is -0.815. The smallest absolute Gasteiger partial charge is 0.306 e. The van der Waals surface area contributed by atoms with Crippen LogP contribution in [0.3, 0.4) is 0 Å². The van der Waals surface area contributed by atoms with Gasteiger partial charge in [0.25, 0.3) is 0 Å². The maximum absolute atomic E-state index is 12.9. The van der Waals surface area contributed by atoms with Crippen molar-refractivity contribution in [1.82, 2.24) is 0 Å². The van der Waals surface area contributed by atoms with Crippen LogP contribution in [0, 0.1) is 0 Å². The fourth-order valence-electron chi connectivity index (χ4n) is 9.04. The minimum absolute atomic E-state index is 0.104. The van der Waals surface area contributed by atoms with E-state index in [-0.39, 0.29) is 37.5 Å². The van der Waals surface area contributed by atoms with Crippen molar-refractivity contribution in [2.75, 3.05) is 13.2 Å². The second kappa shape index (κ2) is 68.8. The summed E-state index contributed by atoms with van der Waals surface area (Å²) in [7, 11) is 0. The third-order valence-electron chi connectivity index (χ3n) is 14.1. The largest absolute Gasteiger partial charge is 0.462 e. The molecule has 0 aromatic carbocycles. The van der Waals surface area contributed by atoms with Crippen LogP contribution in [0.5, 0.6) is 0 Å². The maximum Gasteiger partial charge on any atom is 0.306 e. The summed E-state index contributed by atoms with van der Waals surface area (Å²) in [5.74, 6) is -0.974. The molecule has 6 nitrogen and oxygen atoms in total.